The third-order valence-corrected chi connectivity index (χ3v) is 4.08. The molecule has 2 aliphatic rings. The van der Waals surface area contributed by atoms with E-state index in [0.717, 1.165) is 18.4 Å². The van der Waals surface area contributed by atoms with E-state index in [1.54, 1.807) is 17.0 Å². The molecule has 4 nitrogen and oxygen atoms in total. The van der Waals surface area contributed by atoms with Crippen LogP contribution < -0.4 is 0 Å². The number of benzene rings is 1. The molecule has 1 saturated carbocycles. The molecule has 1 aromatic rings. The maximum Gasteiger partial charge on any atom is 0.309 e. The van der Waals surface area contributed by atoms with E-state index in [1.165, 1.54) is 0 Å². The number of rotatable bonds is 3. The highest BCUT2D eigenvalue weighted by atomic mass is 35.5. The average Bonchev–Trinajstić information content (AvgIpc) is 3.14. The molecular formula is C14H14ClNO3. The predicted octanol–water partition coefficient (Wildman–Crippen LogP) is 2.48. The molecule has 100 valence electrons. The number of aliphatic carboxylic acids is 1. The molecule has 2 atom stereocenters. The van der Waals surface area contributed by atoms with Crippen molar-refractivity contribution in [2.75, 3.05) is 0 Å². The van der Waals surface area contributed by atoms with Crippen LogP contribution in [0.15, 0.2) is 24.3 Å². The van der Waals surface area contributed by atoms with E-state index in [-0.39, 0.29) is 24.4 Å². The fourth-order valence-electron chi connectivity index (χ4n) is 2.81. The van der Waals surface area contributed by atoms with E-state index in [2.05, 4.69) is 0 Å². The lowest BCUT2D eigenvalue weighted by Crippen LogP contribution is -2.32. The second kappa shape index (κ2) is 4.53. The van der Waals surface area contributed by atoms with Gasteiger partial charge in [-0.1, -0.05) is 23.7 Å². The van der Waals surface area contributed by atoms with Gasteiger partial charge in [-0.25, -0.2) is 0 Å². The lowest BCUT2D eigenvalue weighted by atomic mass is 9.94. The molecule has 1 aliphatic carbocycles. The third kappa shape index (κ3) is 2.21. The van der Waals surface area contributed by atoms with Gasteiger partial charge in [0.15, 0.2) is 0 Å². The van der Waals surface area contributed by atoms with Gasteiger partial charge in [-0.2, -0.15) is 0 Å². The summed E-state index contributed by atoms with van der Waals surface area (Å²) in [5, 5.41) is 9.94. The van der Waals surface area contributed by atoms with E-state index in [0.29, 0.717) is 5.02 Å². The van der Waals surface area contributed by atoms with Crippen molar-refractivity contribution in [3.63, 3.8) is 0 Å². The Bertz CT molecular complexity index is 524. The lowest BCUT2D eigenvalue weighted by molar-refractivity contribution is -0.142. The van der Waals surface area contributed by atoms with Gasteiger partial charge in [0.1, 0.15) is 0 Å². The summed E-state index contributed by atoms with van der Waals surface area (Å²) in [4.78, 5) is 25.2. The highest BCUT2D eigenvalue weighted by molar-refractivity contribution is 6.30. The first kappa shape index (κ1) is 12.5. The Balaban J connectivity index is 1.98. The number of hydrogen-bond donors (Lipinski definition) is 1. The molecule has 0 radical (unpaired) electrons. The monoisotopic (exact) mass is 279 g/mol. The summed E-state index contributed by atoms with van der Waals surface area (Å²) in [6.45, 7) is 0. The first-order chi connectivity index (χ1) is 9.08. The Morgan fingerprint density at radius 2 is 1.89 bits per heavy atom. The molecular weight excluding hydrogens is 266 g/mol. The van der Waals surface area contributed by atoms with Crippen molar-refractivity contribution in [2.45, 2.75) is 31.3 Å². The minimum atomic E-state index is -0.906. The Morgan fingerprint density at radius 1 is 1.26 bits per heavy atom. The predicted molar refractivity (Wildman–Crippen MR) is 69.8 cm³/mol. The molecule has 0 unspecified atom stereocenters. The first-order valence-corrected chi connectivity index (χ1v) is 6.75. The SMILES string of the molecule is O=C(O)[C@@H]1CC(=O)N(C2CC2)[C@@H]1c1ccc(Cl)cc1. The van der Waals surface area contributed by atoms with Crippen LogP contribution in [0.1, 0.15) is 30.9 Å². The Labute approximate surface area is 116 Å². The van der Waals surface area contributed by atoms with Crippen LogP contribution >= 0.6 is 11.6 Å². The number of halogens is 1. The van der Waals surface area contributed by atoms with Crippen molar-refractivity contribution in [3.05, 3.63) is 34.9 Å². The first-order valence-electron chi connectivity index (χ1n) is 6.37. The zero-order valence-electron chi connectivity index (χ0n) is 10.3. The summed E-state index contributed by atoms with van der Waals surface area (Å²) >= 11 is 5.86. The van der Waals surface area contributed by atoms with E-state index < -0.39 is 11.9 Å². The topological polar surface area (TPSA) is 57.6 Å². The molecule has 3 rings (SSSR count). The van der Waals surface area contributed by atoms with Gasteiger partial charge in [-0.3, -0.25) is 9.59 Å². The number of carboxylic acids is 1. The van der Waals surface area contributed by atoms with Crippen LogP contribution in [0.4, 0.5) is 0 Å². The quantitative estimate of drug-likeness (QED) is 0.925. The molecule has 1 aromatic carbocycles. The zero-order valence-corrected chi connectivity index (χ0v) is 11.0. The lowest BCUT2D eigenvalue weighted by Gasteiger charge is -2.27. The molecule has 1 aliphatic heterocycles. The van der Waals surface area contributed by atoms with Crippen molar-refractivity contribution >= 4 is 23.5 Å². The summed E-state index contributed by atoms with van der Waals surface area (Å²) in [6, 6.07) is 6.98. The Morgan fingerprint density at radius 3 is 2.42 bits per heavy atom. The second-order valence-electron chi connectivity index (χ2n) is 5.18. The Hall–Kier alpha value is -1.55. The summed E-state index contributed by atoms with van der Waals surface area (Å²) < 4.78 is 0. The zero-order chi connectivity index (χ0) is 13.6. The normalized spacial score (nSPS) is 26.8. The van der Waals surface area contributed by atoms with E-state index in [4.69, 9.17) is 11.6 Å². The number of likely N-dealkylation sites (tertiary alicyclic amines) is 1. The van der Waals surface area contributed by atoms with Crippen LogP contribution in [0, 0.1) is 5.92 Å². The fraction of sp³-hybridized carbons (Fsp3) is 0.429. The third-order valence-electron chi connectivity index (χ3n) is 3.83. The Kier molecular flexibility index (Phi) is 2.97. The minimum absolute atomic E-state index is 0.0464. The summed E-state index contributed by atoms with van der Waals surface area (Å²) in [7, 11) is 0. The average molecular weight is 280 g/mol. The number of hydrogen-bond acceptors (Lipinski definition) is 2. The molecule has 1 saturated heterocycles. The highest BCUT2D eigenvalue weighted by Gasteiger charge is 2.49. The molecule has 1 heterocycles. The number of carboxylic acid groups (broad SMARTS) is 1. The molecule has 1 N–H and O–H groups in total. The number of carbonyl (C=O) groups excluding carboxylic acids is 1. The van der Waals surface area contributed by atoms with Crippen molar-refractivity contribution in [1.29, 1.82) is 0 Å². The van der Waals surface area contributed by atoms with Crippen molar-refractivity contribution in [2.24, 2.45) is 5.92 Å². The molecule has 1 amide bonds. The fourth-order valence-corrected chi connectivity index (χ4v) is 2.94. The van der Waals surface area contributed by atoms with Crippen LogP contribution in [0.5, 0.6) is 0 Å². The largest absolute Gasteiger partial charge is 0.481 e. The maximum atomic E-state index is 12.1. The van der Waals surface area contributed by atoms with Gasteiger partial charge in [0.2, 0.25) is 5.91 Å². The van der Waals surface area contributed by atoms with Gasteiger partial charge in [0, 0.05) is 17.5 Å². The molecule has 5 heteroatoms. The van der Waals surface area contributed by atoms with Gasteiger partial charge < -0.3 is 10.0 Å². The van der Waals surface area contributed by atoms with E-state index in [9.17, 15) is 14.7 Å². The summed E-state index contributed by atoms with van der Waals surface area (Å²) in [5.74, 6) is -1.61. The molecule has 0 bridgehead atoms. The highest BCUT2D eigenvalue weighted by Crippen LogP contribution is 2.45. The van der Waals surface area contributed by atoms with Gasteiger partial charge in [0.25, 0.3) is 0 Å². The standard InChI is InChI=1S/C14H14ClNO3/c15-9-3-1-8(2-4-9)13-11(14(18)19)7-12(17)16(13)10-5-6-10/h1-4,10-11,13H,5-7H2,(H,18,19)/t11-,13-/m1/s1. The molecule has 19 heavy (non-hydrogen) atoms. The number of nitrogens with zero attached hydrogens (tertiary/aromatic N) is 1. The number of carbonyl (C=O) groups is 2. The minimum Gasteiger partial charge on any atom is -0.481 e. The molecule has 2 fully saturated rings. The smallest absolute Gasteiger partial charge is 0.309 e. The van der Waals surface area contributed by atoms with Crippen LogP contribution in [0.2, 0.25) is 5.02 Å². The maximum absolute atomic E-state index is 12.1. The molecule has 0 aromatic heterocycles. The summed E-state index contributed by atoms with van der Waals surface area (Å²) in [5.41, 5.74) is 0.856. The van der Waals surface area contributed by atoms with Crippen molar-refractivity contribution in [1.82, 2.24) is 4.90 Å². The van der Waals surface area contributed by atoms with Gasteiger partial charge in [0.05, 0.1) is 12.0 Å². The van der Waals surface area contributed by atoms with Gasteiger partial charge in [-0.05, 0) is 30.5 Å². The van der Waals surface area contributed by atoms with Crippen LogP contribution in [-0.4, -0.2) is 27.9 Å². The van der Waals surface area contributed by atoms with Gasteiger partial charge in [-0.15, -0.1) is 0 Å². The van der Waals surface area contributed by atoms with Gasteiger partial charge >= 0.3 is 5.97 Å². The van der Waals surface area contributed by atoms with Crippen LogP contribution in [0.3, 0.4) is 0 Å². The van der Waals surface area contributed by atoms with Crippen molar-refractivity contribution < 1.29 is 14.7 Å². The van der Waals surface area contributed by atoms with E-state index in [1.807, 2.05) is 12.1 Å². The van der Waals surface area contributed by atoms with Crippen LogP contribution in [0.25, 0.3) is 0 Å². The van der Waals surface area contributed by atoms with Crippen LogP contribution in [-0.2, 0) is 9.59 Å². The van der Waals surface area contributed by atoms with E-state index >= 15 is 0 Å². The second-order valence-corrected chi connectivity index (χ2v) is 5.61. The number of amides is 1. The summed E-state index contributed by atoms with van der Waals surface area (Å²) in [6.07, 6.45) is 2.05. The van der Waals surface area contributed by atoms with Crippen molar-refractivity contribution in [3.8, 4) is 0 Å². The molecule has 0 spiro atoms.